The van der Waals surface area contributed by atoms with Gasteiger partial charge in [0.2, 0.25) is 21.8 Å². The summed E-state index contributed by atoms with van der Waals surface area (Å²) in [6.07, 6.45) is 1.64. The molecular weight excluding hydrogens is 462 g/mol. The summed E-state index contributed by atoms with van der Waals surface area (Å²) in [5.74, 6) is -0.107. The summed E-state index contributed by atoms with van der Waals surface area (Å²) in [6, 6.07) is 16.1. The van der Waals surface area contributed by atoms with Crippen molar-refractivity contribution in [2.45, 2.75) is 53.0 Å². The standard InChI is InChI=1S/C27H39N3O4S/c1-20(2)18-28-27(32)22(5)29(17-16-23-10-8-7-9-11-23)26(31)19-30(35(6,33)34)25-14-12-24(13-15-25)21(3)4/h7-15,20-22H,16-19H2,1-6H3,(H,28,32)/t22-/m1/s1. The first-order valence-electron chi connectivity index (χ1n) is 12.1. The molecule has 0 aliphatic carbocycles. The zero-order valence-electron chi connectivity index (χ0n) is 21.7. The molecule has 35 heavy (non-hydrogen) atoms. The molecule has 1 N–H and O–H groups in total. The van der Waals surface area contributed by atoms with Crippen molar-refractivity contribution in [2.24, 2.45) is 5.92 Å². The third kappa shape index (κ3) is 8.69. The zero-order chi connectivity index (χ0) is 26.2. The molecule has 2 rings (SSSR count). The van der Waals surface area contributed by atoms with Crippen LogP contribution in [0.2, 0.25) is 0 Å². The highest BCUT2D eigenvalue weighted by Crippen LogP contribution is 2.22. The molecule has 0 aliphatic rings. The summed E-state index contributed by atoms with van der Waals surface area (Å²) in [5.41, 5.74) is 2.53. The lowest BCUT2D eigenvalue weighted by atomic mass is 10.0. The average Bonchev–Trinajstić information content (AvgIpc) is 2.80. The molecule has 0 unspecified atom stereocenters. The molecule has 8 heteroatoms. The Morgan fingerprint density at radius 3 is 2.03 bits per heavy atom. The summed E-state index contributed by atoms with van der Waals surface area (Å²) in [6.45, 7) is 10.2. The van der Waals surface area contributed by atoms with Crippen LogP contribution >= 0.6 is 0 Å². The van der Waals surface area contributed by atoms with Crippen LogP contribution < -0.4 is 9.62 Å². The van der Waals surface area contributed by atoms with Gasteiger partial charge in [0.05, 0.1) is 11.9 Å². The van der Waals surface area contributed by atoms with E-state index < -0.39 is 22.0 Å². The first-order valence-corrected chi connectivity index (χ1v) is 13.9. The van der Waals surface area contributed by atoms with Crippen LogP contribution in [0, 0.1) is 5.92 Å². The minimum absolute atomic E-state index is 0.257. The van der Waals surface area contributed by atoms with E-state index in [1.807, 2.05) is 56.3 Å². The Labute approximate surface area is 210 Å². The molecule has 192 valence electrons. The topological polar surface area (TPSA) is 86.8 Å². The maximum atomic E-state index is 13.5. The lowest BCUT2D eigenvalue weighted by Gasteiger charge is -2.31. The molecule has 0 saturated heterocycles. The molecule has 0 saturated carbocycles. The third-order valence-electron chi connectivity index (χ3n) is 5.86. The largest absolute Gasteiger partial charge is 0.354 e. The SMILES string of the molecule is CC(C)CNC(=O)[C@@H](C)N(CCc1ccccc1)C(=O)CN(c1ccc(C(C)C)cc1)S(C)(=O)=O. The van der Waals surface area contributed by atoms with E-state index in [0.29, 0.717) is 31.1 Å². The van der Waals surface area contributed by atoms with Gasteiger partial charge < -0.3 is 10.2 Å². The van der Waals surface area contributed by atoms with Crippen LogP contribution in [0.25, 0.3) is 0 Å². The van der Waals surface area contributed by atoms with Gasteiger partial charge in [-0.1, -0.05) is 70.2 Å². The number of carbonyl (C=O) groups excluding carboxylic acids is 2. The van der Waals surface area contributed by atoms with Crippen molar-refractivity contribution in [2.75, 3.05) is 30.2 Å². The smallest absolute Gasteiger partial charge is 0.244 e. The average molecular weight is 502 g/mol. The highest BCUT2D eigenvalue weighted by molar-refractivity contribution is 7.92. The van der Waals surface area contributed by atoms with Gasteiger partial charge >= 0.3 is 0 Å². The second-order valence-electron chi connectivity index (χ2n) is 9.65. The Kier molecular flexibility index (Phi) is 10.3. The number of anilines is 1. The van der Waals surface area contributed by atoms with E-state index in [9.17, 15) is 18.0 Å². The predicted molar refractivity (Wildman–Crippen MR) is 142 cm³/mol. The summed E-state index contributed by atoms with van der Waals surface area (Å²) >= 11 is 0. The lowest BCUT2D eigenvalue weighted by molar-refractivity contribution is -0.138. The Morgan fingerprint density at radius 1 is 0.914 bits per heavy atom. The van der Waals surface area contributed by atoms with Gasteiger partial charge in [0.1, 0.15) is 12.6 Å². The normalized spacial score (nSPS) is 12.5. The Balaban J connectivity index is 2.29. The minimum atomic E-state index is -3.73. The molecule has 0 spiro atoms. The number of nitrogens with zero attached hydrogens (tertiary/aromatic N) is 2. The zero-order valence-corrected chi connectivity index (χ0v) is 22.5. The molecule has 2 aromatic carbocycles. The second-order valence-corrected chi connectivity index (χ2v) is 11.6. The quantitative estimate of drug-likeness (QED) is 0.479. The van der Waals surface area contributed by atoms with E-state index in [1.165, 1.54) is 4.90 Å². The van der Waals surface area contributed by atoms with Crippen LogP contribution in [0.15, 0.2) is 54.6 Å². The van der Waals surface area contributed by atoms with Gasteiger partial charge in [-0.2, -0.15) is 0 Å². The maximum Gasteiger partial charge on any atom is 0.244 e. The fraction of sp³-hybridized carbons (Fsp3) is 0.481. The first kappa shape index (κ1) is 28.4. The Bertz CT molecular complexity index is 1070. The second kappa shape index (κ2) is 12.7. The number of amides is 2. The van der Waals surface area contributed by atoms with E-state index in [-0.39, 0.29) is 18.4 Å². The number of hydrogen-bond donors (Lipinski definition) is 1. The predicted octanol–water partition coefficient (Wildman–Crippen LogP) is 3.81. The molecule has 1 atom stereocenters. The molecule has 2 aromatic rings. The van der Waals surface area contributed by atoms with Gasteiger partial charge in [0.25, 0.3) is 0 Å². The van der Waals surface area contributed by atoms with Crippen molar-refractivity contribution in [1.29, 1.82) is 0 Å². The van der Waals surface area contributed by atoms with Crippen molar-refractivity contribution >= 4 is 27.5 Å². The number of carbonyl (C=O) groups is 2. The van der Waals surface area contributed by atoms with E-state index in [0.717, 1.165) is 21.7 Å². The van der Waals surface area contributed by atoms with Crippen LogP contribution in [0.1, 0.15) is 51.7 Å². The van der Waals surface area contributed by atoms with E-state index in [2.05, 4.69) is 19.2 Å². The minimum Gasteiger partial charge on any atom is -0.354 e. The summed E-state index contributed by atoms with van der Waals surface area (Å²) < 4.78 is 26.4. The fourth-order valence-corrected chi connectivity index (χ4v) is 4.51. The third-order valence-corrected chi connectivity index (χ3v) is 7.00. The van der Waals surface area contributed by atoms with Crippen molar-refractivity contribution < 1.29 is 18.0 Å². The number of benzene rings is 2. The molecule has 0 aliphatic heterocycles. The van der Waals surface area contributed by atoms with Gasteiger partial charge in [-0.25, -0.2) is 8.42 Å². The van der Waals surface area contributed by atoms with Gasteiger partial charge in [-0.15, -0.1) is 0 Å². The van der Waals surface area contributed by atoms with Crippen molar-refractivity contribution in [3.63, 3.8) is 0 Å². The molecular formula is C27H39N3O4S. The molecule has 7 nitrogen and oxygen atoms in total. The van der Waals surface area contributed by atoms with E-state index in [1.54, 1.807) is 19.1 Å². The number of sulfonamides is 1. The number of nitrogens with one attached hydrogen (secondary N) is 1. The number of hydrogen-bond acceptors (Lipinski definition) is 4. The van der Waals surface area contributed by atoms with Crippen LogP contribution in [0.4, 0.5) is 5.69 Å². The Hall–Kier alpha value is -2.87. The Morgan fingerprint density at radius 2 is 1.51 bits per heavy atom. The van der Waals surface area contributed by atoms with Gasteiger partial charge in [-0.3, -0.25) is 13.9 Å². The van der Waals surface area contributed by atoms with Crippen LogP contribution in [0.5, 0.6) is 0 Å². The highest BCUT2D eigenvalue weighted by Gasteiger charge is 2.29. The van der Waals surface area contributed by atoms with Gasteiger partial charge in [0.15, 0.2) is 0 Å². The van der Waals surface area contributed by atoms with Crippen molar-refractivity contribution in [3.05, 3.63) is 65.7 Å². The molecule has 2 amide bonds. The maximum absolute atomic E-state index is 13.5. The van der Waals surface area contributed by atoms with Crippen LogP contribution in [-0.4, -0.2) is 57.1 Å². The van der Waals surface area contributed by atoms with Gasteiger partial charge in [0, 0.05) is 13.1 Å². The van der Waals surface area contributed by atoms with E-state index in [4.69, 9.17) is 0 Å². The first-order chi connectivity index (χ1) is 16.4. The molecule has 0 aromatic heterocycles. The summed E-state index contributed by atoms with van der Waals surface area (Å²) in [7, 11) is -3.73. The van der Waals surface area contributed by atoms with Crippen molar-refractivity contribution in [1.82, 2.24) is 10.2 Å². The highest BCUT2D eigenvalue weighted by atomic mass is 32.2. The monoisotopic (exact) mass is 501 g/mol. The molecule has 0 radical (unpaired) electrons. The van der Waals surface area contributed by atoms with E-state index >= 15 is 0 Å². The number of rotatable bonds is 12. The van der Waals surface area contributed by atoms with Gasteiger partial charge in [-0.05, 0) is 48.4 Å². The lowest BCUT2D eigenvalue weighted by Crippen LogP contribution is -2.52. The summed E-state index contributed by atoms with van der Waals surface area (Å²) in [4.78, 5) is 27.8. The van der Waals surface area contributed by atoms with Crippen molar-refractivity contribution in [3.8, 4) is 0 Å². The van der Waals surface area contributed by atoms with Crippen LogP contribution in [0.3, 0.4) is 0 Å². The molecule has 0 heterocycles. The van der Waals surface area contributed by atoms with Crippen LogP contribution in [-0.2, 0) is 26.0 Å². The molecule has 0 fully saturated rings. The summed E-state index contributed by atoms with van der Waals surface area (Å²) in [5, 5.41) is 2.88. The fourth-order valence-electron chi connectivity index (χ4n) is 3.66. The molecule has 0 bridgehead atoms.